The standard InChI is InChI=1S/C57H35N5/c1-3-16-36(17-4-1)55-58-56(60-57(59-55)46-27-15-29-51-54(46)45-26-13-14-28-49(45)61(51)41-22-5-2-6-23-41)44-30-31-50(43-25-12-11-24-42(43)44)62-52-34-39-20-9-7-18-37(39)32-47(52)48-33-38-19-8-10-21-40(38)35-53(48)62/h1-35H. The molecular formula is C57H35N5. The molecule has 0 saturated heterocycles. The summed E-state index contributed by atoms with van der Waals surface area (Å²) >= 11 is 0. The Balaban J connectivity index is 1.07. The number of hydrogen-bond donors (Lipinski definition) is 0. The highest BCUT2D eigenvalue weighted by molar-refractivity contribution is 6.18. The van der Waals surface area contributed by atoms with Gasteiger partial charge in [-0.2, -0.15) is 0 Å². The van der Waals surface area contributed by atoms with Gasteiger partial charge in [0.15, 0.2) is 17.5 Å². The van der Waals surface area contributed by atoms with Crippen molar-refractivity contribution in [1.82, 2.24) is 24.1 Å². The Bertz CT molecular complexity index is 3830. The third-order valence-corrected chi connectivity index (χ3v) is 12.5. The minimum absolute atomic E-state index is 0.625. The molecule has 62 heavy (non-hydrogen) atoms. The van der Waals surface area contributed by atoms with E-state index in [1.807, 2.05) is 18.2 Å². The van der Waals surface area contributed by atoms with Crippen molar-refractivity contribution in [2.75, 3.05) is 0 Å². The molecule has 0 unspecified atom stereocenters. The predicted molar refractivity (Wildman–Crippen MR) is 257 cm³/mol. The van der Waals surface area contributed by atoms with Crippen molar-refractivity contribution in [3.8, 4) is 45.5 Å². The average molecular weight is 790 g/mol. The largest absolute Gasteiger partial charge is 0.309 e. The number of nitrogens with zero attached hydrogens (tertiary/aromatic N) is 5. The van der Waals surface area contributed by atoms with Crippen LogP contribution in [0.2, 0.25) is 0 Å². The van der Waals surface area contributed by atoms with Gasteiger partial charge in [0.2, 0.25) is 0 Å². The normalized spacial score (nSPS) is 11.9. The fraction of sp³-hybridized carbons (Fsp3) is 0. The first-order valence-corrected chi connectivity index (χ1v) is 21.0. The van der Waals surface area contributed by atoms with Gasteiger partial charge < -0.3 is 9.13 Å². The molecule has 3 heterocycles. The van der Waals surface area contributed by atoms with Gasteiger partial charge in [0.25, 0.3) is 0 Å². The van der Waals surface area contributed by atoms with E-state index in [1.54, 1.807) is 0 Å². The highest BCUT2D eigenvalue weighted by Crippen LogP contribution is 2.42. The van der Waals surface area contributed by atoms with E-state index in [4.69, 9.17) is 15.0 Å². The molecule has 5 heteroatoms. The van der Waals surface area contributed by atoms with Crippen LogP contribution in [-0.4, -0.2) is 24.1 Å². The molecule has 0 spiro atoms. The number of fused-ring (bicyclic) bond motifs is 9. The predicted octanol–water partition coefficient (Wildman–Crippen LogP) is 14.5. The van der Waals surface area contributed by atoms with Gasteiger partial charge in [-0.25, -0.2) is 15.0 Å². The lowest BCUT2D eigenvalue weighted by Gasteiger charge is -2.15. The number of para-hydroxylation sites is 2. The molecular weight excluding hydrogens is 755 g/mol. The summed E-state index contributed by atoms with van der Waals surface area (Å²) in [5.74, 6) is 1.88. The summed E-state index contributed by atoms with van der Waals surface area (Å²) in [6, 6.07) is 75.7. The third kappa shape index (κ3) is 5.25. The second-order valence-electron chi connectivity index (χ2n) is 16.0. The zero-order valence-corrected chi connectivity index (χ0v) is 33.4. The smallest absolute Gasteiger partial charge is 0.164 e. The van der Waals surface area contributed by atoms with Gasteiger partial charge in [0.1, 0.15) is 0 Å². The quantitative estimate of drug-likeness (QED) is 0.174. The maximum absolute atomic E-state index is 5.41. The van der Waals surface area contributed by atoms with E-state index in [9.17, 15) is 0 Å². The summed E-state index contributed by atoms with van der Waals surface area (Å²) in [4.78, 5) is 15.9. The number of hydrogen-bond acceptors (Lipinski definition) is 3. The Morgan fingerprint density at radius 3 is 1.48 bits per heavy atom. The molecule has 0 amide bonds. The Kier molecular flexibility index (Phi) is 7.54. The molecule has 0 atom stereocenters. The summed E-state index contributed by atoms with van der Waals surface area (Å²) in [5, 5.41) is 11.8. The van der Waals surface area contributed by atoms with Crippen molar-refractivity contribution in [2.24, 2.45) is 0 Å². The average Bonchev–Trinajstić information content (AvgIpc) is 3.84. The zero-order valence-electron chi connectivity index (χ0n) is 33.4. The van der Waals surface area contributed by atoms with Crippen molar-refractivity contribution < 1.29 is 0 Å². The Labute approximate surface area is 356 Å². The lowest BCUT2D eigenvalue weighted by Crippen LogP contribution is -2.02. The molecule has 13 rings (SSSR count). The fourth-order valence-corrected chi connectivity index (χ4v) is 9.71. The molecule has 0 bridgehead atoms. The molecule has 288 valence electrons. The van der Waals surface area contributed by atoms with Crippen molar-refractivity contribution in [3.05, 3.63) is 212 Å². The van der Waals surface area contributed by atoms with Crippen LogP contribution in [0.1, 0.15) is 0 Å². The van der Waals surface area contributed by atoms with E-state index in [-0.39, 0.29) is 0 Å². The summed E-state index contributed by atoms with van der Waals surface area (Å²) < 4.78 is 4.79. The highest BCUT2D eigenvalue weighted by Gasteiger charge is 2.22. The molecule has 0 fully saturated rings. The summed E-state index contributed by atoms with van der Waals surface area (Å²) in [5.41, 5.74) is 9.61. The number of rotatable bonds is 5. The highest BCUT2D eigenvalue weighted by atomic mass is 15.0. The summed E-state index contributed by atoms with van der Waals surface area (Å²) in [6.07, 6.45) is 0. The fourth-order valence-electron chi connectivity index (χ4n) is 9.71. The number of benzene rings is 10. The van der Waals surface area contributed by atoms with E-state index in [0.29, 0.717) is 17.5 Å². The Hall–Kier alpha value is -8.41. The van der Waals surface area contributed by atoms with E-state index < -0.39 is 0 Å². The molecule has 13 aromatic rings. The van der Waals surface area contributed by atoms with Crippen LogP contribution in [0.5, 0.6) is 0 Å². The molecule has 0 aliphatic carbocycles. The molecule has 3 aromatic heterocycles. The maximum atomic E-state index is 5.41. The van der Waals surface area contributed by atoms with Crippen LogP contribution in [0, 0.1) is 0 Å². The van der Waals surface area contributed by atoms with Crippen LogP contribution in [0.4, 0.5) is 0 Å². The van der Waals surface area contributed by atoms with E-state index >= 15 is 0 Å². The maximum Gasteiger partial charge on any atom is 0.164 e. The van der Waals surface area contributed by atoms with E-state index in [0.717, 1.165) is 60.6 Å². The minimum Gasteiger partial charge on any atom is -0.309 e. The second kappa shape index (κ2) is 13.6. The van der Waals surface area contributed by atoms with Crippen molar-refractivity contribution >= 4 is 75.9 Å². The summed E-state index contributed by atoms with van der Waals surface area (Å²) in [6.45, 7) is 0. The molecule has 0 aliphatic rings. The molecule has 0 aliphatic heterocycles. The first-order valence-electron chi connectivity index (χ1n) is 21.0. The van der Waals surface area contributed by atoms with Crippen molar-refractivity contribution in [3.63, 3.8) is 0 Å². The Morgan fingerprint density at radius 2 is 0.806 bits per heavy atom. The molecule has 0 N–H and O–H groups in total. The van der Waals surface area contributed by atoms with Gasteiger partial charge in [0, 0.05) is 49.3 Å². The first kappa shape index (κ1) is 34.5. The van der Waals surface area contributed by atoms with Crippen molar-refractivity contribution in [1.29, 1.82) is 0 Å². The van der Waals surface area contributed by atoms with Crippen LogP contribution < -0.4 is 0 Å². The minimum atomic E-state index is 0.625. The van der Waals surface area contributed by atoms with Gasteiger partial charge in [0.05, 0.1) is 27.8 Å². The van der Waals surface area contributed by atoms with Crippen LogP contribution in [-0.2, 0) is 0 Å². The lowest BCUT2D eigenvalue weighted by atomic mass is 10.0. The number of aromatic nitrogens is 5. The van der Waals surface area contributed by atoms with Gasteiger partial charge in [-0.1, -0.05) is 152 Å². The molecule has 10 aromatic carbocycles. The zero-order chi connectivity index (χ0) is 40.7. The van der Waals surface area contributed by atoms with Gasteiger partial charge in [-0.3, -0.25) is 0 Å². The third-order valence-electron chi connectivity index (χ3n) is 12.5. The second-order valence-corrected chi connectivity index (χ2v) is 16.0. The van der Waals surface area contributed by atoms with Crippen LogP contribution in [0.25, 0.3) is 121 Å². The monoisotopic (exact) mass is 789 g/mol. The van der Waals surface area contributed by atoms with Crippen LogP contribution in [0.15, 0.2) is 212 Å². The van der Waals surface area contributed by atoms with E-state index in [2.05, 4.69) is 203 Å². The Morgan fingerprint density at radius 1 is 0.290 bits per heavy atom. The van der Waals surface area contributed by atoms with Crippen LogP contribution >= 0.6 is 0 Å². The molecule has 5 nitrogen and oxygen atoms in total. The summed E-state index contributed by atoms with van der Waals surface area (Å²) in [7, 11) is 0. The van der Waals surface area contributed by atoms with Crippen molar-refractivity contribution in [2.45, 2.75) is 0 Å². The van der Waals surface area contributed by atoms with E-state index in [1.165, 1.54) is 43.4 Å². The topological polar surface area (TPSA) is 48.5 Å². The van der Waals surface area contributed by atoms with Gasteiger partial charge in [-0.15, -0.1) is 0 Å². The van der Waals surface area contributed by atoms with Gasteiger partial charge >= 0.3 is 0 Å². The first-order chi connectivity index (χ1) is 30.7. The molecule has 0 radical (unpaired) electrons. The van der Waals surface area contributed by atoms with Gasteiger partial charge in [-0.05, 0) is 87.6 Å². The molecule has 0 saturated carbocycles. The van der Waals surface area contributed by atoms with Crippen LogP contribution in [0.3, 0.4) is 0 Å². The lowest BCUT2D eigenvalue weighted by molar-refractivity contribution is 1.08. The SMILES string of the molecule is c1ccc(-c2nc(-c3ccc(-n4c5cc6ccccc6cc5c5cc6ccccc6cc54)c4ccccc34)nc(-c3cccc4c3c3ccccc3n4-c3ccccc3)n2)cc1.